The van der Waals surface area contributed by atoms with Gasteiger partial charge in [-0.1, -0.05) is 145 Å². The van der Waals surface area contributed by atoms with E-state index in [4.69, 9.17) is 62.1 Å². The molecular formula is C61H78Cl2N10O2S3. The summed E-state index contributed by atoms with van der Waals surface area (Å²) in [5.41, 5.74) is 21.9. The molecule has 3 heterocycles. The van der Waals surface area contributed by atoms with Crippen LogP contribution in [0.25, 0.3) is 0 Å². The van der Waals surface area contributed by atoms with E-state index in [9.17, 15) is 0 Å². The number of hydrogen-bond donors (Lipinski definition) is 8. The zero-order chi connectivity index (χ0) is 55.8. The Morgan fingerprint density at radius 2 is 0.949 bits per heavy atom. The number of ether oxygens (including phenoxy) is 2. The summed E-state index contributed by atoms with van der Waals surface area (Å²) >= 11 is 24.4. The van der Waals surface area contributed by atoms with E-state index in [-0.39, 0.29) is 0 Å². The smallest absolute Gasteiger partial charge is 0.191 e. The van der Waals surface area contributed by atoms with Crippen LogP contribution in [0.15, 0.2) is 180 Å². The van der Waals surface area contributed by atoms with Crippen LogP contribution in [0.1, 0.15) is 29.2 Å². The van der Waals surface area contributed by atoms with Gasteiger partial charge >= 0.3 is 0 Å². The summed E-state index contributed by atoms with van der Waals surface area (Å²) in [4.78, 5) is 9.00. The highest BCUT2D eigenvalue weighted by atomic mass is 35.5. The summed E-state index contributed by atoms with van der Waals surface area (Å²) in [6, 6.07) is 56.7. The highest BCUT2D eigenvalue weighted by molar-refractivity contribution is 7.93. The largest absolute Gasteiger partial charge is 0.492 e. The second-order valence-electron chi connectivity index (χ2n) is 18.6. The quantitative estimate of drug-likeness (QED) is 0.0320. The predicted molar refractivity (Wildman–Crippen MR) is 339 cm³/mol. The molecule has 78 heavy (non-hydrogen) atoms. The molecule has 0 bridgehead atoms. The maximum absolute atomic E-state index is 5.85. The number of amidine groups is 1. The van der Waals surface area contributed by atoms with Crippen molar-refractivity contribution in [1.82, 2.24) is 26.6 Å². The molecule has 17 heteroatoms. The van der Waals surface area contributed by atoms with Gasteiger partial charge in [-0.05, 0) is 177 Å². The Morgan fingerprint density at radius 3 is 1.35 bits per heavy atom. The van der Waals surface area contributed by atoms with Gasteiger partial charge in [0.25, 0.3) is 0 Å². The van der Waals surface area contributed by atoms with Crippen molar-refractivity contribution in [2.75, 3.05) is 78.7 Å². The van der Waals surface area contributed by atoms with Gasteiger partial charge in [0.2, 0.25) is 0 Å². The number of halogens is 2. The minimum Gasteiger partial charge on any atom is -0.492 e. The van der Waals surface area contributed by atoms with Gasteiger partial charge in [-0.3, -0.25) is 9.98 Å². The number of hydrogen-bond acceptors (Lipinski definition) is 13. The molecule has 1 saturated heterocycles. The highest BCUT2D eigenvalue weighted by Gasteiger charge is 2.17. The van der Waals surface area contributed by atoms with E-state index in [1.54, 1.807) is 12.1 Å². The van der Waals surface area contributed by atoms with Crippen LogP contribution < -0.4 is 53.3 Å². The number of nitrogens with two attached hydrogens (primary N) is 3. The average Bonchev–Trinajstić information content (AvgIpc) is 3.47. The second-order valence-corrected chi connectivity index (χ2v) is 20.5. The number of nitrogens with zero attached hydrogens (tertiary/aromatic N) is 2. The summed E-state index contributed by atoms with van der Waals surface area (Å²) < 4.78 is 12.8. The molecule has 0 spiro atoms. The fourth-order valence-electron chi connectivity index (χ4n) is 8.03. The zero-order valence-corrected chi connectivity index (χ0v) is 48.7. The van der Waals surface area contributed by atoms with Crippen LogP contribution in [-0.4, -0.2) is 99.9 Å². The van der Waals surface area contributed by atoms with Crippen molar-refractivity contribution in [1.29, 1.82) is 0 Å². The van der Waals surface area contributed by atoms with Gasteiger partial charge < -0.3 is 53.3 Å². The van der Waals surface area contributed by atoms with Crippen LogP contribution in [0.3, 0.4) is 0 Å². The van der Waals surface area contributed by atoms with E-state index < -0.39 is 0 Å². The molecule has 0 aromatic heterocycles. The van der Waals surface area contributed by atoms with Gasteiger partial charge in [0.15, 0.2) is 11.1 Å². The first-order valence-corrected chi connectivity index (χ1v) is 28.4. The van der Waals surface area contributed by atoms with Crippen LogP contribution in [0.2, 0.25) is 10.0 Å². The van der Waals surface area contributed by atoms with E-state index in [0.29, 0.717) is 73.1 Å². The molecule has 2 unspecified atom stereocenters. The fraction of sp³-hybridized carbons (Fsp3) is 0.344. The third-order valence-corrected chi connectivity index (χ3v) is 13.0. The van der Waals surface area contributed by atoms with Gasteiger partial charge in [0, 0.05) is 60.2 Å². The lowest BCUT2D eigenvalue weighted by Crippen LogP contribution is -2.48. The normalized spacial score (nSPS) is 15.2. The number of aliphatic imine (C=N–C) groups is 2. The van der Waals surface area contributed by atoms with Gasteiger partial charge in [-0.25, -0.2) is 0 Å². The Morgan fingerprint density at radius 1 is 0.551 bits per heavy atom. The van der Waals surface area contributed by atoms with Gasteiger partial charge in [0.05, 0.1) is 12.4 Å². The van der Waals surface area contributed by atoms with Crippen LogP contribution in [0.5, 0.6) is 11.5 Å². The molecule has 0 radical (unpaired) electrons. The molecule has 6 aromatic rings. The van der Waals surface area contributed by atoms with E-state index in [2.05, 4.69) is 164 Å². The lowest BCUT2D eigenvalue weighted by atomic mass is 9.98. The average molecular weight is 1150 g/mol. The first kappa shape index (κ1) is 64.6. The van der Waals surface area contributed by atoms with Crippen LogP contribution in [-0.2, 0) is 25.7 Å². The monoisotopic (exact) mass is 1150 g/mol. The number of rotatable bonds is 17. The lowest BCUT2D eigenvalue weighted by molar-refractivity contribution is 0.321. The fourth-order valence-corrected chi connectivity index (χ4v) is 8.45. The first-order chi connectivity index (χ1) is 38.1. The Balaban J connectivity index is 0.000000214. The second kappa shape index (κ2) is 40.2. The molecule has 0 amide bonds. The molecular weight excluding hydrogens is 1070 g/mol. The summed E-state index contributed by atoms with van der Waals surface area (Å²) in [6.45, 7) is 11.5. The SMILES string of the molecule is CC1=NCC(Cc2ccccc2)CN1.Clc1ccc(OCCNC2=NCC(Cc3ccccc3)CN2)cc1.NCC(CN)Cc1ccccc1.NCCOc1ccc(Cl)cc1.S=C1NCC(Cc2ccccc2)CN1.S=C=S. The Kier molecular flexibility index (Phi) is 33.3. The number of benzene rings is 6. The highest BCUT2D eigenvalue weighted by Crippen LogP contribution is 2.17. The molecule has 0 saturated carbocycles. The summed E-state index contributed by atoms with van der Waals surface area (Å²) in [6.07, 6.45) is 4.30. The summed E-state index contributed by atoms with van der Waals surface area (Å²) in [7, 11) is 0. The maximum atomic E-state index is 5.85. The standard InChI is InChI=1S/C19H22ClN3O.C12H16N2.C11H14N2S.C10H16N2.C8H10ClNO.CS2/c20-17-6-8-18(9-7-17)24-11-10-21-19-22-13-16(14-23-19)12-15-4-2-1-3-5-15;1-10-13-8-12(9-14-10)7-11-5-3-2-4-6-11;14-11-12-7-10(8-13-11)6-9-4-2-1-3-5-9;11-7-10(8-12)6-9-4-2-1-3-5-9;9-7-1-3-8(4-2-7)11-6-5-10;2-1-3/h1-9,16H,10-14H2,(H2,21,22,23);2-6,12H,7-9H2,1H3,(H,13,14);1-5,10H,6-8H2,(H2,12,13,14);1-5,10H,6-8,11-12H2;1-4H,5-6,10H2;. The van der Waals surface area contributed by atoms with E-state index >= 15 is 0 Å². The molecule has 416 valence electrons. The first-order valence-electron chi connectivity index (χ1n) is 26.4. The third kappa shape index (κ3) is 29.1. The number of thiocarbonyl (C=S) groups is 3. The number of guanidine groups is 1. The van der Waals surface area contributed by atoms with Crippen LogP contribution >= 0.6 is 59.9 Å². The molecule has 11 N–H and O–H groups in total. The Hall–Kier alpha value is -5.97. The van der Waals surface area contributed by atoms with E-state index in [0.717, 1.165) is 93.4 Å². The lowest BCUT2D eigenvalue weighted by Gasteiger charge is -2.25. The van der Waals surface area contributed by atoms with Crippen molar-refractivity contribution < 1.29 is 9.47 Å². The third-order valence-electron chi connectivity index (χ3n) is 12.2. The van der Waals surface area contributed by atoms with Crippen molar-refractivity contribution in [2.45, 2.75) is 32.6 Å². The summed E-state index contributed by atoms with van der Waals surface area (Å²) in [5.74, 6) is 5.83. The molecule has 12 nitrogen and oxygen atoms in total. The minimum absolute atomic E-state index is 0.424. The van der Waals surface area contributed by atoms with Crippen molar-refractivity contribution in [2.24, 2.45) is 50.9 Å². The van der Waals surface area contributed by atoms with Crippen molar-refractivity contribution in [3.05, 3.63) is 202 Å². The Labute approximate surface area is 489 Å². The Bertz CT molecular complexity index is 2590. The molecule has 3 aliphatic rings. The van der Waals surface area contributed by atoms with E-state index in [1.165, 1.54) is 22.3 Å². The molecule has 9 rings (SSSR count). The molecule has 1 fully saturated rings. The zero-order valence-electron chi connectivity index (χ0n) is 44.7. The van der Waals surface area contributed by atoms with Gasteiger partial charge in [-0.15, -0.1) is 0 Å². The molecule has 0 aliphatic carbocycles. The van der Waals surface area contributed by atoms with E-state index in [1.807, 2.05) is 65.8 Å². The van der Waals surface area contributed by atoms with Crippen LogP contribution in [0.4, 0.5) is 0 Å². The molecule has 2 atom stereocenters. The van der Waals surface area contributed by atoms with Gasteiger partial charge in [0.1, 0.15) is 24.7 Å². The molecule has 3 aliphatic heterocycles. The number of nitrogens with one attached hydrogen (secondary N) is 5. The maximum Gasteiger partial charge on any atom is 0.191 e. The van der Waals surface area contributed by atoms with Crippen molar-refractivity contribution in [3.8, 4) is 11.5 Å². The van der Waals surface area contributed by atoms with Crippen LogP contribution in [0, 0.1) is 23.7 Å². The van der Waals surface area contributed by atoms with Crippen molar-refractivity contribution >= 4 is 81.1 Å². The van der Waals surface area contributed by atoms with Crippen molar-refractivity contribution in [3.63, 3.8) is 0 Å². The summed E-state index contributed by atoms with van der Waals surface area (Å²) in [5, 5.41) is 18.5. The minimum atomic E-state index is 0.424. The topological polar surface area (TPSA) is 181 Å². The molecule has 6 aromatic carbocycles. The van der Waals surface area contributed by atoms with Gasteiger partial charge in [-0.2, -0.15) is 0 Å². The predicted octanol–water partition coefficient (Wildman–Crippen LogP) is 9.77.